The molecule has 96 valence electrons. The van der Waals surface area contributed by atoms with Crippen LogP contribution in [0.1, 0.15) is 20.3 Å². The summed E-state index contributed by atoms with van der Waals surface area (Å²) < 4.78 is 13.7. The molecule has 1 aromatic rings. The molecule has 0 aromatic heterocycles. The number of benzene rings is 1. The lowest BCUT2D eigenvalue weighted by molar-refractivity contribution is 0.259. The van der Waals surface area contributed by atoms with Crippen molar-refractivity contribution in [1.82, 2.24) is 0 Å². The van der Waals surface area contributed by atoms with E-state index in [9.17, 15) is 9.50 Å². The molecule has 17 heavy (non-hydrogen) atoms. The minimum atomic E-state index is -0.372. The highest BCUT2D eigenvalue weighted by Gasteiger charge is 2.12. The molecule has 0 aliphatic rings. The first-order valence-corrected chi connectivity index (χ1v) is 6.35. The number of halogens is 2. The molecule has 0 amide bonds. The van der Waals surface area contributed by atoms with Crippen LogP contribution in [-0.4, -0.2) is 17.8 Å². The van der Waals surface area contributed by atoms with Crippen LogP contribution in [0.4, 0.5) is 15.8 Å². The summed E-state index contributed by atoms with van der Waals surface area (Å²) in [6.07, 6.45) is 0.799. The van der Waals surface area contributed by atoms with Crippen molar-refractivity contribution < 1.29 is 9.50 Å². The maximum atomic E-state index is 13.4. The van der Waals surface area contributed by atoms with E-state index < -0.39 is 0 Å². The highest BCUT2D eigenvalue weighted by atomic mass is 79.9. The maximum Gasteiger partial charge on any atom is 0.139 e. The SMILES string of the molecule is CC(C)CC(CO)Nc1cc(F)c(Br)cc1N. The van der Waals surface area contributed by atoms with E-state index in [1.807, 2.05) is 0 Å². The molecule has 0 radical (unpaired) electrons. The van der Waals surface area contributed by atoms with Crippen molar-refractivity contribution in [2.24, 2.45) is 5.92 Å². The normalized spacial score (nSPS) is 12.8. The molecule has 1 aromatic carbocycles. The second-order valence-corrected chi connectivity index (χ2v) is 5.36. The number of aliphatic hydroxyl groups is 1. The van der Waals surface area contributed by atoms with Crippen molar-refractivity contribution in [2.45, 2.75) is 26.3 Å². The number of nitrogens with one attached hydrogen (secondary N) is 1. The summed E-state index contributed by atoms with van der Waals surface area (Å²) >= 11 is 3.07. The van der Waals surface area contributed by atoms with Crippen molar-refractivity contribution >= 4 is 27.3 Å². The molecule has 0 saturated carbocycles. The van der Waals surface area contributed by atoms with Crippen LogP contribution >= 0.6 is 15.9 Å². The summed E-state index contributed by atoms with van der Waals surface area (Å²) in [5, 5.41) is 12.3. The smallest absolute Gasteiger partial charge is 0.139 e. The number of hydrogen-bond acceptors (Lipinski definition) is 3. The summed E-state index contributed by atoms with van der Waals surface area (Å²) in [5.74, 6) is 0.0732. The second-order valence-electron chi connectivity index (χ2n) is 4.51. The van der Waals surface area contributed by atoms with Gasteiger partial charge >= 0.3 is 0 Å². The van der Waals surface area contributed by atoms with Gasteiger partial charge in [-0.2, -0.15) is 0 Å². The molecule has 1 unspecified atom stereocenters. The molecular weight excluding hydrogens is 287 g/mol. The van der Waals surface area contributed by atoms with Crippen LogP contribution in [0.3, 0.4) is 0 Å². The van der Waals surface area contributed by atoms with Gasteiger partial charge in [0.2, 0.25) is 0 Å². The van der Waals surface area contributed by atoms with Crippen molar-refractivity contribution in [2.75, 3.05) is 17.7 Å². The number of hydrogen-bond donors (Lipinski definition) is 3. The molecule has 1 rings (SSSR count). The van der Waals surface area contributed by atoms with Gasteiger partial charge in [0.05, 0.1) is 22.5 Å². The summed E-state index contributed by atoms with van der Waals surface area (Å²) in [4.78, 5) is 0. The molecule has 0 heterocycles. The van der Waals surface area contributed by atoms with Crippen LogP contribution in [0.5, 0.6) is 0 Å². The number of nitrogens with two attached hydrogens (primary N) is 1. The topological polar surface area (TPSA) is 58.3 Å². The van der Waals surface area contributed by atoms with E-state index >= 15 is 0 Å². The van der Waals surface area contributed by atoms with E-state index in [-0.39, 0.29) is 18.5 Å². The van der Waals surface area contributed by atoms with Crippen LogP contribution in [-0.2, 0) is 0 Å². The first-order valence-electron chi connectivity index (χ1n) is 5.56. The lowest BCUT2D eigenvalue weighted by Gasteiger charge is -2.20. The quantitative estimate of drug-likeness (QED) is 0.733. The van der Waals surface area contributed by atoms with Gasteiger partial charge in [0, 0.05) is 12.1 Å². The number of anilines is 2. The maximum absolute atomic E-state index is 13.4. The Labute approximate surface area is 109 Å². The highest BCUT2D eigenvalue weighted by Crippen LogP contribution is 2.27. The Kier molecular flexibility index (Phi) is 5.21. The Balaban J connectivity index is 2.82. The Bertz CT molecular complexity index is 385. The average Bonchev–Trinajstić information content (AvgIpc) is 2.24. The molecule has 0 fully saturated rings. The Morgan fingerprint density at radius 3 is 2.65 bits per heavy atom. The van der Waals surface area contributed by atoms with E-state index in [4.69, 9.17) is 5.73 Å². The van der Waals surface area contributed by atoms with Crippen LogP contribution in [0, 0.1) is 11.7 Å². The predicted octanol–water partition coefficient (Wildman–Crippen LogP) is 2.99. The first kappa shape index (κ1) is 14.3. The van der Waals surface area contributed by atoms with E-state index in [0.717, 1.165) is 6.42 Å². The lowest BCUT2D eigenvalue weighted by atomic mass is 10.0. The van der Waals surface area contributed by atoms with Gasteiger partial charge in [0.15, 0.2) is 0 Å². The zero-order valence-corrected chi connectivity index (χ0v) is 11.6. The van der Waals surface area contributed by atoms with Gasteiger partial charge in [0.1, 0.15) is 5.82 Å². The fourth-order valence-electron chi connectivity index (χ4n) is 1.66. The zero-order valence-electron chi connectivity index (χ0n) is 10.0. The van der Waals surface area contributed by atoms with Gasteiger partial charge < -0.3 is 16.2 Å². The summed E-state index contributed by atoms with van der Waals surface area (Å²) in [6, 6.07) is 2.74. The van der Waals surface area contributed by atoms with Gasteiger partial charge in [0.25, 0.3) is 0 Å². The van der Waals surface area contributed by atoms with Crippen molar-refractivity contribution in [3.63, 3.8) is 0 Å². The molecular formula is C12H18BrFN2O. The first-order chi connectivity index (χ1) is 7.93. The molecule has 0 bridgehead atoms. The third-order valence-electron chi connectivity index (χ3n) is 2.43. The second kappa shape index (κ2) is 6.21. The number of aliphatic hydroxyl groups excluding tert-OH is 1. The van der Waals surface area contributed by atoms with Gasteiger partial charge in [-0.3, -0.25) is 0 Å². The van der Waals surface area contributed by atoms with Crippen LogP contribution in [0.25, 0.3) is 0 Å². The van der Waals surface area contributed by atoms with E-state index in [1.54, 1.807) is 0 Å². The van der Waals surface area contributed by atoms with Crippen molar-refractivity contribution in [3.05, 3.63) is 22.4 Å². The Morgan fingerprint density at radius 2 is 2.12 bits per heavy atom. The van der Waals surface area contributed by atoms with Crippen LogP contribution in [0.15, 0.2) is 16.6 Å². The summed E-state index contributed by atoms with van der Waals surface area (Å²) in [5.41, 5.74) is 6.76. The average molecular weight is 305 g/mol. The molecule has 5 heteroatoms. The third-order valence-corrected chi connectivity index (χ3v) is 3.04. The van der Waals surface area contributed by atoms with E-state index in [2.05, 4.69) is 35.1 Å². The molecule has 0 spiro atoms. The van der Waals surface area contributed by atoms with Gasteiger partial charge in [-0.1, -0.05) is 13.8 Å². The van der Waals surface area contributed by atoms with Crippen molar-refractivity contribution in [3.8, 4) is 0 Å². The summed E-state index contributed by atoms with van der Waals surface area (Å²) in [6.45, 7) is 4.13. The largest absolute Gasteiger partial charge is 0.397 e. The minimum absolute atomic E-state index is 0.00466. The predicted molar refractivity (Wildman–Crippen MR) is 72.5 cm³/mol. The molecule has 0 aliphatic heterocycles. The molecule has 4 N–H and O–H groups in total. The molecule has 1 atom stereocenters. The van der Waals surface area contributed by atoms with Crippen LogP contribution in [0.2, 0.25) is 0 Å². The Hall–Kier alpha value is -0.810. The highest BCUT2D eigenvalue weighted by molar-refractivity contribution is 9.10. The van der Waals surface area contributed by atoms with Gasteiger partial charge in [-0.15, -0.1) is 0 Å². The van der Waals surface area contributed by atoms with E-state index in [0.29, 0.717) is 21.8 Å². The fraction of sp³-hybridized carbons (Fsp3) is 0.500. The van der Waals surface area contributed by atoms with Gasteiger partial charge in [-0.25, -0.2) is 4.39 Å². The number of nitrogen functional groups attached to an aromatic ring is 1. The zero-order chi connectivity index (χ0) is 13.0. The molecule has 3 nitrogen and oxygen atoms in total. The monoisotopic (exact) mass is 304 g/mol. The summed E-state index contributed by atoms with van der Waals surface area (Å²) in [7, 11) is 0. The molecule has 0 aliphatic carbocycles. The number of rotatable bonds is 5. The fourth-order valence-corrected chi connectivity index (χ4v) is 2.02. The lowest BCUT2D eigenvalue weighted by Crippen LogP contribution is -2.26. The third kappa shape index (κ3) is 4.16. The van der Waals surface area contributed by atoms with Gasteiger partial charge in [-0.05, 0) is 34.3 Å². The van der Waals surface area contributed by atoms with Crippen LogP contribution < -0.4 is 11.1 Å². The molecule has 0 saturated heterocycles. The van der Waals surface area contributed by atoms with Crippen molar-refractivity contribution in [1.29, 1.82) is 0 Å². The minimum Gasteiger partial charge on any atom is -0.397 e. The van der Waals surface area contributed by atoms with E-state index in [1.165, 1.54) is 12.1 Å². The Morgan fingerprint density at radius 1 is 1.47 bits per heavy atom. The standard InChI is InChI=1S/C12H18BrFN2O/c1-7(2)3-8(6-17)16-12-5-10(14)9(13)4-11(12)15/h4-5,7-8,16-17H,3,6,15H2,1-2H3.